The lowest BCUT2D eigenvalue weighted by Gasteiger charge is -2.12. The normalized spacial score (nSPS) is 11.8. The second-order valence-corrected chi connectivity index (χ2v) is 5.57. The van der Waals surface area contributed by atoms with Gasteiger partial charge < -0.3 is 14.8 Å². The third-order valence-electron chi connectivity index (χ3n) is 3.53. The van der Waals surface area contributed by atoms with Crippen LogP contribution in [0.2, 0.25) is 0 Å². The summed E-state index contributed by atoms with van der Waals surface area (Å²) >= 11 is 0. The first-order valence-electron chi connectivity index (χ1n) is 8.01. The van der Waals surface area contributed by atoms with Crippen molar-refractivity contribution in [1.29, 1.82) is 0 Å². The Morgan fingerprint density at radius 1 is 1.19 bits per heavy atom. The molecule has 0 radical (unpaired) electrons. The van der Waals surface area contributed by atoms with Crippen molar-refractivity contribution < 1.29 is 23.5 Å². The van der Waals surface area contributed by atoms with Crippen LogP contribution in [-0.2, 0) is 20.9 Å². The van der Waals surface area contributed by atoms with Gasteiger partial charge >= 0.3 is 5.97 Å². The lowest BCUT2D eigenvalue weighted by molar-refractivity contribution is -0.148. The van der Waals surface area contributed by atoms with E-state index >= 15 is 0 Å². The minimum Gasteiger partial charge on any atom is -0.497 e. The molecule has 0 heterocycles. The Balaban J connectivity index is 1.81. The van der Waals surface area contributed by atoms with E-state index < -0.39 is 23.7 Å². The molecule has 1 atom stereocenters. The number of hydrogen-bond acceptors (Lipinski definition) is 4. The number of amides is 1. The van der Waals surface area contributed by atoms with Crippen molar-refractivity contribution in [3.63, 3.8) is 0 Å². The predicted molar refractivity (Wildman–Crippen MR) is 95.8 cm³/mol. The van der Waals surface area contributed by atoms with Gasteiger partial charge in [-0.2, -0.15) is 0 Å². The Morgan fingerprint density at radius 2 is 1.92 bits per heavy atom. The zero-order chi connectivity index (χ0) is 18.9. The van der Waals surface area contributed by atoms with Gasteiger partial charge in [-0.1, -0.05) is 24.3 Å². The molecule has 0 aliphatic rings. The molecule has 0 spiro atoms. The first-order valence-corrected chi connectivity index (χ1v) is 8.01. The van der Waals surface area contributed by atoms with Crippen LogP contribution in [0.15, 0.2) is 54.6 Å². The molecule has 0 unspecified atom stereocenters. The molecule has 2 aromatic rings. The maximum atomic E-state index is 13.1. The smallest absolute Gasteiger partial charge is 0.328 e. The van der Waals surface area contributed by atoms with E-state index in [-0.39, 0.29) is 6.61 Å². The van der Waals surface area contributed by atoms with Crippen molar-refractivity contribution >= 4 is 18.0 Å². The summed E-state index contributed by atoms with van der Waals surface area (Å²) in [5, 5.41) is 2.52. The number of carbonyl (C=O) groups excluding carboxylic acids is 2. The van der Waals surface area contributed by atoms with E-state index in [1.165, 1.54) is 31.2 Å². The molecule has 5 nitrogen and oxygen atoms in total. The predicted octanol–water partition coefficient (Wildman–Crippen LogP) is 3.10. The quantitative estimate of drug-likeness (QED) is 0.611. The highest BCUT2D eigenvalue weighted by Gasteiger charge is 2.16. The van der Waals surface area contributed by atoms with Gasteiger partial charge in [0.05, 0.1) is 7.11 Å². The van der Waals surface area contributed by atoms with Gasteiger partial charge in [0.25, 0.3) is 0 Å². The molecule has 136 valence electrons. The highest BCUT2D eigenvalue weighted by molar-refractivity contribution is 5.94. The Kier molecular flexibility index (Phi) is 6.91. The van der Waals surface area contributed by atoms with Crippen molar-refractivity contribution in [3.8, 4) is 5.75 Å². The number of hydrogen-bond donors (Lipinski definition) is 1. The van der Waals surface area contributed by atoms with Gasteiger partial charge in [0.1, 0.15) is 24.2 Å². The summed E-state index contributed by atoms with van der Waals surface area (Å²) in [7, 11) is 1.58. The molecule has 26 heavy (non-hydrogen) atoms. The minimum absolute atomic E-state index is 0.0571. The van der Waals surface area contributed by atoms with Crippen molar-refractivity contribution in [1.82, 2.24) is 5.32 Å². The first-order chi connectivity index (χ1) is 12.5. The summed E-state index contributed by atoms with van der Waals surface area (Å²) in [6.07, 6.45) is 2.96. The summed E-state index contributed by atoms with van der Waals surface area (Å²) in [6, 6.07) is 12.1. The lowest BCUT2D eigenvalue weighted by Crippen LogP contribution is -2.38. The Bertz CT molecular complexity index is 787. The van der Waals surface area contributed by atoms with Crippen LogP contribution in [0.1, 0.15) is 18.1 Å². The zero-order valence-electron chi connectivity index (χ0n) is 14.6. The van der Waals surface area contributed by atoms with Crippen molar-refractivity contribution in [2.75, 3.05) is 7.11 Å². The van der Waals surface area contributed by atoms with Gasteiger partial charge in [-0.05, 0) is 48.4 Å². The average Bonchev–Trinajstić information content (AvgIpc) is 2.64. The number of nitrogens with one attached hydrogen (secondary N) is 1. The van der Waals surface area contributed by atoms with Gasteiger partial charge in [-0.15, -0.1) is 0 Å². The molecular formula is C20H20FNO4. The second-order valence-electron chi connectivity index (χ2n) is 5.57. The molecule has 0 saturated heterocycles. The van der Waals surface area contributed by atoms with Gasteiger partial charge in [0.15, 0.2) is 0 Å². The van der Waals surface area contributed by atoms with Crippen molar-refractivity contribution in [2.45, 2.75) is 19.6 Å². The maximum absolute atomic E-state index is 13.1. The fourth-order valence-electron chi connectivity index (χ4n) is 2.11. The van der Waals surface area contributed by atoms with Gasteiger partial charge in [0.2, 0.25) is 5.91 Å². The largest absolute Gasteiger partial charge is 0.497 e. The third-order valence-corrected chi connectivity index (χ3v) is 3.53. The molecule has 2 rings (SSSR count). The van der Waals surface area contributed by atoms with Crippen LogP contribution in [0, 0.1) is 5.82 Å². The van der Waals surface area contributed by atoms with E-state index in [4.69, 9.17) is 9.47 Å². The highest BCUT2D eigenvalue weighted by atomic mass is 19.1. The molecule has 0 aliphatic heterocycles. The van der Waals surface area contributed by atoms with Crippen molar-refractivity contribution in [2.24, 2.45) is 0 Å². The van der Waals surface area contributed by atoms with Crippen LogP contribution in [0.5, 0.6) is 5.75 Å². The second kappa shape index (κ2) is 9.36. The van der Waals surface area contributed by atoms with Crippen molar-refractivity contribution in [3.05, 3.63) is 71.6 Å². The standard InChI is InChI=1S/C20H20FNO4/c1-14(20(24)26-13-16-4-3-5-17(21)12-16)22-19(23)11-8-15-6-9-18(25-2)10-7-15/h3-12,14H,13H2,1-2H3,(H,22,23)/t14-/m0/s1. The summed E-state index contributed by atoms with van der Waals surface area (Å²) in [4.78, 5) is 23.8. The molecule has 1 amide bonds. The monoisotopic (exact) mass is 357 g/mol. The van der Waals surface area contributed by atoms with Crippen LogP contribution < -0.4 is 10.1 Å². The summed E-state index contributed by atoms with van der Waals surface area (Å²) in [5.74, 6) is -0.693. The number of rotatable bonds is 7. The molecule has 0 bridgehead atoms. The lowest BCUT2D eigenvalue weighted by atomic mass is 10.2. The summed E-state index contributed by atoms with van der Waals surface area (Å²) in [5.41, 5.74) is 1.36. The number of benzene rings is 2. The summed E-state index contributed by atoms with van der Waals surface area (Å²) < 4.78 is 23.2. The molecule has 0 aliphatic carbocycles. The Morgan fingerprint density at radius 3 is 2.58 bits per heavy atom. The fraction of sp³-hybridized carbons (Fsp3) is 0.200. The van der Waals surface area contributed by atoms with Crippen LogP contribution in [-0.4, -0.2) is 25.0 Å². The number of halogens is 1. The average molecular weight is 357 g/mol. The van der Waals surface area contributed by atoms with Gasteiger partial charge in [-0.3, -0.25) is 4.79 Å². The van der Waals surface area contributed by atoms with E-state index in [1.807, 2.05) is 0 Å². The Hall–Kier alpha value is -3.15. The SMILES string of the molecule is COc1ccc(C=CC(=O)N[C@@H](C)C(=O)OCc2cccc(F)c2)cc1. The van der Waals surface area contributed by atoms with E-state index in [0.717, 1.165) is 11.3 Å². The topological polar surface area (TPSA) is 64.6 Å². The van der Waals surface area contributed by atoms with Crippen LogP contribution >= 0.6 is 0 Å². The minimum atomic E-state index is -0.823. The maximum Gasteiger partial charge on any atom is 0.328 e. The van der Waals surface area contributed by atoms with Crippen LogP contribution in [0.4, 0.5) is 4.39 Å². The number of methoxy groups -OCH3 is 1. The Labute approximate surface area is 151 Å². The third kappa shape index (κ3) is 6.05. The fourth-order valence-corrected chi connectivity index (χ4v) is 2.11. The molecule has 0 saturated carbocycles. The number of carbonyl (C=O) groups is 2. The van der Waals surface area contributed by atoms with E-state index in [9.17, 15) is 14.0 Å². The van der Waals surface area contributed by atoms with Crippen LogP contribution in [0.3, 0.4) is 0 Å². The van der Waals surface area contributed by atoms with E-state index in [1.54, 1.807) is 43.5 Å². The molecular weight excluding hydrogens is 337 g/mol. The summed E-state index contributed by atoms with van der Waals surface area (Å²) in [6.45, 7) is 1.46. The van der Waals surface area contributed by atoms with Gasteiger partial charge in [0, 0.05) is 6.08 Å². The number of ether oxygens (including phenoxy) is 2. The first kappa shape index (κ1) is 19.2. The molecule has 6 heteroatoms. The molecule has 2 aromatic carbocycles. The van der Waals surface area contributed by atoms with Crippen LogP contribution in [0.25, 0.3) is 6.08 Å². The van der Waals surface area contributed by atoms with E-state index in [0.29, 0.717) is 5.56 Å². The van der Waals surface area contributed by atoms with Gasteiger partial charge in [-0.25, -0.2) is 9.18 Å². The highest BCUT2D eigenvalue weighted by Crippen LogP contribution is 2.12. The molecule has 0 fully saturated rings. The zero-order valence-corrected chi connectivity index (χ0v) is 14.6. The van der Waals surface area contributed by atoms with E-state index in [2.05, 4.69) is 5.32 Å². The molecule has 0 aromatic heterocycles. The molecule has 1 N–H and O–H groups in total. The number of esters is 1.